The van der Waals surface area contributed by atoms with Gasteiger partial charge in [0.05, 0.1) is 0 Å². The van der Waals surface area contributed by atoms with Crippen LogP contribution < -0.4 is 0 Å². The number of nitrogens with zero attached hydrogens (tertiary/aromatic N) is 2. The van der Waals surface area contributed by atoms with Crippen LogP contribution in [0.15, 0.2) is 30.3 Å². The minimum absolute atomic E-state index is 0.224. The largest absolute Gasteiger partial charge is 0.394 e. The van der Waals surface area contributed by atoms with Crippen LogP contribution in [0.5, 0.6) is 0 Å². The second-order valence-corrected chi connectivity index (χ2v) is 12.1. The molecular weight excluding hydrogens is 364 g/mol. The third-order valence-electron chi connectivity index (χ3n) is 5.47. The van der Waals surface area contributed by atoms with Crippen LogP contribution in [0.2, 0.25) is 12.1 Å². The first kappa shape index (κ1) is 25.3. The van der Waals surface area contributed by atoms with Gasteiger partial charge in [0.2, 0.25) is 0 Å². The van der Waals surface area contributed by atoms with Gasteiger partial charge in [-0.05, 0) is 97.5 Å². The van der Waals surface area contributed by atoms with Gasteiger partial charge in [-0.15, -0.1) is 0 Å². The molecule has 5 heteroatoms. The zero-order valence-corrected chi connectivity index (χ0v) is 20.5. The van der Waals surface area contributed by atoms with Crippen LogP contribution in [0.4, 0.5) is 0 Å². The summed E-state index contributed by atoms with van der Waals surface area (Å²) in [5.41, 5.74) is 1.60. The van der Waals surface area contributed by atoms with Gasteiger partial charge in [-0.1, -0.05) is 37.3 Å². The maximum atomic E-state index is 6.49. The Labute approximate surface area is 175 Å². The van der Waals surface area contributed by atoms with Crippen LogP contribution in [-0.4, -0.2) is 72.9 Å². The minimum atomic E-state index is -2.29. The normalized spacial score (nSPS) is 12.9. The molecule has 0 aromatic heterocycles. The summed E-state index contributed by atoms with van der Waals surface area (Å²) < 4.78 is 13.0. The molecule has 1 aromatic rings. The number of aryl methyl sites for hydroxylation is 1. The van der Waals surface area contributed by atoms with E-state index >= 15 is 0 Å². The fourth-order valence-corrected chi connectivity index (χ4v) is 7.95. The molecule has 0 aliphatic carbocycles. The molecule has 0 unspecified atom stereocenters. The van der Waals surface area contributed by atoms with E-state index in [1.165, 1.54) is 18.4 Å². The SMILES string of the molecule is CCO[Si](CCc1ccccc1)(CC(C)(CCN(C)C)CCN(C)C)OCC. The van der Waals surface area contributed by atoms with E-state index in [-0.39, 0.29) is 5.41 Å². The minimum Gasteiger partial charge on any atom is -0.394 e. The third kappa shape index (κ3) is 9.66. The molecule has 0 saturated carbocycles. The lowest BCUT2D eigenvalue weighted by molar-refractivity contribution is 0.150. The standard InChI is InChI=1S/C23H44N2O2Si/c1-8-26-28(27-9-2,20-15-22-13-11-10-12-14-22)21-23(3,16-18-24(4)5)17-19-25(6)7/h10-14H,8-9,15-21H2,1-7H3. The Bertz CT molecular complexity index is 505. The van der Waals surface area contributed by atoms with E-state index < -0.39 is 8.56 Å². The molecule has 0 aliphatic rings. The summed E-state index contributed by atoms with van der Waals surface area (Å²) in [4.78, 5) is 4.59. The Morgan fingerprint density at radius 2 is 1.36 bits per heavy atom. The van der Waals surface area contributed by atoms with E-state index in [1.54, 1.807) is 0 Å². The van der Waals surface area contributed by atoms with Crippen molar-refractivity contribution in [1.29, 1.82) is 0 Å². The monoisotopic (exact) mass is 408 g/mol. The van der Waals surface area contributed by atoms with E-state index in [0.29, 0.717) is 0 Å². The van der Waals surface area contributed by atoms with Crippen LogP contribution in [0.1, 0.15) is 39.2 Å². The topological polar surface area (TPSA) is 24.9 Å². The zero-order chi connectivity index (χ0) is 21.0. The van der Waals surface area contributed by atoms with Crippen molar-refractivity contribution in [3.63, 3.8) is 0 Å². The third-order valence-corrected chi connectivity index (χ3v) is 9.51. The highest BCUT2D eigenvalue weighted by Gasteiger charge is 2.43. The molecule has 0 aliphatic heterocycles. The van der Waals surface area contributed by atoms with Gasteiger partial charge in [0.15, 0.2) is 0 Å². The Morgan fingerprint density at radius 1 is 0.857 bits per heavy atom. The Morgan fingerprint density at radius 3 is 1.79 bits per heavy atom. The number of benzene rings is 1. The molecule has 0 fully saturated rings. The molecule has 0 heterocycles. The van der Waals surface area contributed by atoms with Crippen molar-refractivity contribution >= 4 is 8.56 Å². The summed E-state index contributed by atoms with van der Waals surface area (Å²) >= 11 is 0. The molecule has 1 aromatic carbocycles. The van der Waals surface area contributed by atoms with Gasteiger partial charge < -0.3 is 18.7 Å². The molecular formula is C23H44N2O2Si. The average molecular weight is 409 g/mol. The van der Waals surface area contributed by atoms with E-state index in [0.717, 1.165) is 44.8 Å². The number of hydrogen-bond acceptors (Lipinski definition) is 4. The van der Waals surface area contributed by atoms with Gasteiger partial charge in [0.25, 0.3) is 0 Å². The van der Waals surface area contributed by atoms with Crippen molar-refractivity contribution in [2.24, 2.45) is 5.41 Å². The lowest BCUT2D eigenvalue weighted by Crippen LogP contribution is -2.47. The fourth-order valence-electron chi connectivity index (χ4n) is 3.82. The first-order chi connectivity index (χ1) is 13.2. The quantitative estimate of drug-likeness (QED) is 0.394. The van der Waals surface area contributed by atoms with Gasteiger partial charge in [-0.25, -0.2) is 0 Å². The first-order valence-corrected chi connectivity index (χ1v) is 13.1. The van der Waals surface area contributed by atoms with E-state index in [2.05, 4.69) is 89.1 Å². The summed E-state index contributed by atoms with van der Waals surface area (Å²) in [7, 11) is 6.36. The zero-order valence-electron chi connectivity index (χ0n) is 19.5. The predicted octanol–water partition coefficient (Wildman–Crippen LogP) is 4.65. The summed E-state index contributed by atoms with van der Waals surface area (Å²) in [6, 6.07) is 12.9. The van der Waals surface area contributed by atoms with Crippen LogP contribution in [0.25, 0.3) is 0 Å². The van der Waals surface area contributed by atoms with Crippen molar-refractivity contribution in [2.45, 2.75) is 52.1 Å². The Hall–Kier alpha value is -0.723. The molecule has 162 valence electrons. The molecule has 0 saturated heterocycles. The van der Waals surface area contributed by atoms with Crippen molar-refractivity contribution < 1.29 is 8.85 Å². The molecule has 0 bridgehead atoms. The summed E-state index contributed by atoms with van der Waals surface area (Å²) in [6.07, 6.45) is 3.38. The van der Waals surface area contributed by atoms with E-state index in [4.69, 9.17) is 8.85 Å². The van der Waals surface area contributed by atoms with Crippen LogP contribution >= 0.6 is 0 Å². The Balaban J connectivity index is 3.01. The van der Waals surface area contributed by atoms with Gasteiger partial charge >= 0.3 is 8.56 Å². The molecule has 1 rings (SSSR count). The number of rotatable bonds is 15. The highest BCUT2D eigenvalue weighted by atomic mass is 28.4. The van der Waals surface area contributed by atoms with Gasteiger partial charge in [0, 0.05) is 13.2 Å². The molecule has 0 amide bonds. The van der Waals surface area contributed by atoms with Crippen LogP contribution in [0.3, 0.4) is 0 Å². The van der Waals surface area contributed by atoms with Gasteiger partial charge in [-0.3, -0.25) is 0 Å². The van der Waals surface area contributed by atoms with Gasteiger partial charge in [-0.2, -0.15) is 0 Å². The van der Waals surface area contributed by atoms with Gasteiger partial charge in [0.1, 0.15) is 0 Å². The van der Waals surface area contributed by atoms with Crippen molar-refractivity contribution in [2.75, 3.05) is 54.5 Å². The molecule has 0 spiro atoms. The van der Waals surface area contributed by atoms with Crippen LogP contribution in [-0.2, 0) is 15.3 Å². The van der Waals surface area contributed by atoms with E-state index in [9.17, 15) is 0 Å². The molecule has 4 nitrogen and oxygen atoms in total. The van der Waals surface area contributed by atoms with Crippen molar-refractivity contribution in [3.05, 3.63) is 35.9 Å². The lowest BCUT2D eigenvalue weighted by atomic mass is 9.85. The van der Waals surface area contributed by atoms with Crippen LogP contribution in [0, 0.1) is 5.41 Å². The second kappa shape index (κ2) is 12.8. The summed E-state index contributed by atoms with van der Waals surface area (Å²) in [6.45, 7) is 10.3. The smallest absolute Gasteiger partial charge is 0.339 e. The maximum absolute atomic E-state index is 6.49. The first-order valence-electron chi connectivity index (χ1n) is 10.9. The second-order valence-electron chi connectivity index (χ2n) is 8.86. The molecule has 28 heavy (non-hydrogen) atoms. The molecule has 0 atom stereocenters. The summed E-state index contributed by atoms with van der Waals surface area (Å²) in [5.74, 6) is 0. The molecule has 0 N–H and O–H groups in total. The van der Waals surface area contributed by atoms with Crippen molar-refractivity contribution in [1.82, 2.24) is 9.80 Å². The molecule has 0 radical (unpaired) electrons. The predicted molar refractivity (Wildman–Crippen MR) is 123 cm³/mol. The highest BCUT2D eigenvalue weighted by Crippen LogP contribution is 2.39. The fraction of sp³-hybridized carbons (Fsp3) is 0.739. The average Bonchev–Trinajstić information content (AvgIpc) is 2.65. The number of hydrogen-bond donors (Lipinski definition) is 0. The summed E-state index contributed by atoms with van der Waals surface area (Å²) in [5, 5.41) is 0. The Kier molecular flexibility index (Phi) is 11.5. The highest BCUT2D eigenvalue weighted by molar-refractivity contribution is 6.67. The van der Waals surface area contributed by atoms with E-state index in [1.807, 2.05) is 0 Å². The lowest BCUT2D eigenvalue weighted by Gasteiger charge is -2.40. The van der Waals surface area contributed by atoms with Crippen molar-refractivity contribution in [3.8, 4) is 0 Å². The maximum Gasteiger partial charge on any atom is 0.339 e.